The molecule has 0 atom stereocenters. The number of carbonyl (C=O) groups excluding carboxylic acids is 1. The molecule has 3 saturated carbocycles. The second kappa shape index (κ2) is 8.99. The molecule has 0 aliphatic heterocycles. The van der Waals surface area contributed by atoms with Gasteiger partial charge in [-0.3, -0.25) is 14.8 Å². The quantitative estimate of drug-likeness (QED) is 0.218. The molecule has 0 unspecified atom stereocenters. The van der Waals surface area contributed by atoms with Crippen molar-refractivity contribution in [2.75, 3.05) is 16.0 Å². The van der Waals surface area contributed by atoms with Crippen molar-refractivity contribution in [3.05, 3.63) is 115 Å². The zero-order valence-corrected chi connectivity index (χ0v) is 20.8. The van der Waals surface area contributed by atoms with Crippen LogP contribution in [0.25, 0.3) is 10.9 Å². The minimum atomic E-state index is -0.157. The molecule has 3 aromatic carbocycles. The zero-order chi connectivity index (χ0) is 25.5. The molecular formula is C32H27N5O. The summed E-state index contributed by atoms with van der Waals surface area (Å²) in [6, 6.07) is 27.7. The van der Waals surface area contributed by atoms with E-state index in [9.17, 15) is 4.79 Å². The van der Waals surface area contributed by atoms with Gasteiger partial charge >= 0.3 is 0 Å². The Kier molecular flexibility index (Phi) is 5.32. The molecule has 1 amide bonds. The van der Waals surface area contributed by atoms with Crippen molar-refractivity contribution in [2.45, 2.75) is 24.7 Å². The van der Waals surface area contributed by atoms with Gasteiger partial charge in [-0.1, -0.05) is 12.1 Å². The first-order chi connectivity index (χ1) is 18.6. The van der Waals surface area contributed by atoms with Crippen LogP contribution < -0.4 is 16.0 Å². The average Bonchev–Trinajstić information content (AvgIpc) is 2.88. The normalized spacial score (nSPS) is 19.2. The van der Waals surface area contributed by atoms with Gasteiger partial charge in [0.05, 0.1) is 5.52 Å². The number of fused-ring (bicyclic) bond motifs is 1. The molecule has 186 valence electrons. The highest BCUT2D eigenvalue weighted by Crippen LogP contribution is 2.65. The summed E-state index contributed by atoms with van der Waals surface area (Å²) in [7, 11) is 0. The highest BCUT2D eigenvalue weighted by atomic mass is 16.1. The summed E-state index contributed by atoms with van der Waals surface area (Å²) >= 11 is 0. The molecule has 0 spiro atoms. The fourth-order valence-corrected chi connectivity index (χ4v) is 5.76. The van der Waals surface area contributed by atoms with Crippen LogP contribution >= 0.6 is 0 Å². The molecule has 2 bridgehead atoms. The van der Waals surface area contributed by atoms with Crippen molar-refractivity contribution in [3.63, 3.8) is 0 Å². The highest BCUT2D eigenvalue weighted by molar-refractivity contribution is 6.04. The van der Waals surface area contributed by atoms with E-state index in [1.54, 1.807) is 12.4 Å². The van der Waals surface area contributed by atoms with Gasteiger partial charge in [-0.15, -0.1) is 0 Å². The van der Waals surface area contributed by atoms with Crippen LogP contribution in [0.5, 0.6) is 0 Å². The molecule has 38 heavy (non-hydrogen) atoms. The van der Waals surface area contributed by atoms with Gasteiger partial charge < -0.3 is 16.0 Å². The van der Waals surface area contributed by atoms with E-state index in [0.717, 1.165) is 45.3 Å². The van der Waals surface area contributed by atoms with Gasteiger partial charge in [-0.2, -0.15) is 0 Å². The van der Waals surface area contributed by atoms with Crippen molar-refractivity contribution in [3.8, 4) is 0 Å². The predicted molar refractivity (Wildman–Crippen MR) is 152 cm³/mol. The molecule has 6 nitrogen and oxygen atoms in total. The van der Waals surface area contributed by atoms with E-state index in [0.29, 0.717) is 11.0 Å². The van der Waals surface area contributed by atoms with Crippen molar-refractivity contribution in [1.29, 1.82) is 0 Å². The molecule has 3 fully saturated rings. The molecular weight excluding hydrogens is 470 g/mol. The molecule has 6 heteroatoms. The number of rotatable bonds is 7. The first kappa shape index (κ1) is 22.5. The lowest BCUT2D eigenvalue weighted by molar-refractivity contribution is -0.0272. The third kappa shape index (κ3) is 4.14. The summed E-state index contributed by atoms with van der Waals surface area (Å²) in [5, 5.41) is 11.0. The fraction of sp³-hybridized carbons (Fsp3) is 0.156. The van der Waals surface area contributed by atoms with Crippen molar-refractivity contribution < 1.29 is 4.79 Å². The standard InChI is InChI=1S/C32H27N5O/c38-31(37-27-3-1-2-26(17-27)35-25-10-13-33-14-11-25)22-4-7-24(8-5-22)36-30-12-15-34-29-9-6-23(16-28(29)30)32-18-21(19-32)20-32/h1-17,21H,18-20H2,(H,33,35)(H,34,36)(H,37,38). The molecule has 5 aromatic rings. The van der Waals surface area contributed by atoms with Gasteiger partial charge in [0.2, 0.25) is 0 Å². The number of benzene rings is 3. The summed E-state index contributed by atoms with van der Waals surface area (Å²) in [6.45, 7) is 0. The first-order valence-corrected chi connectivity index (χ1v) is 13.0. The Morgan fingerprint density at radius 1 is 0.737 bits per heavy atom. The van der Waals surface area contributed by atoms with Gasteiger partial charge in [0, 0.05) is 58.0 Å². The van der Waals surface area contributed by atoms with Crippen LogP contribution in [0, 0.1) is 5.92 Å². The largest absolute Gasteiger partial charge is 0.355 e. The van der Waals surface area contributed by atoms with Gasteiger partial charge in [0.25, 0.3) is 5.91 Å². The summed E-state index contributed by atoms with van der Waals surface area (Å²) < 4.78 is 0. The number of aromatic nitrogens is 2. The van der Waals surface area contributed by atoms with E-state index >= 15 is 0 Å². The minimum Gasteiger partial charge on any atom is -0.355 e. The first-order valence-electron chi connectivity index (χ1n) is 13.0. The molecule has 3 aliphatic carbocycles. The molecule has 3 aliphatic rings. The topological polar surface area (TPSA) is 78.9 Å². The average molecular weight is 498 g/mol. The number of hydrogen-bond donors (Lipinski definition) is 3. The molecule has 2 aromatic heterocycles. The summed E-state index contributed by atoms with van der Waals surface area (Å²) in [5.41, 5.74) is 7.92. The van der Waals surface area contributed by atoms with E-state index in [1.165, 1.54) is 24.8 Å². The summed E-state index contributed by atoms with van der Waals surface area (Å²) in [5.74, 6) is 0.788. The van der Waals surface area contributed by atoms with E-state index in [4.69, 9.17) is 0 Å². The van der Waals surface area contributed by atoms with E-state index < -0.39 is 0 Å². The van der Waals surface area contributed by atoms with Gasteiger partial charge in [-0.25, -0.2) is 0 Å². The van der Waals surface area contributed by atoms with Gasteiger partial charge in [0.15, 0.2) is 0 Å². The SMILES string of the molecule is O=C(Nc1cccc(Nc2ccncc2)c1)c1ccc(Nc2ccnc3ccc(C45CC(C4)C5)cc23)cc1. The Hall–Kier alpha value is -4.71. The number of nitrogens with zero attached hydrogens (tertiary/aromatic N) is 2. The van der Waals surface area contributed by atoms with Crippen LogP contribution in [0.15, 0.2) is 104 Å². The molecule has 8 rings (SSSR count). The number of carbonyl (C=O) groups is 1. The van der Waals surface area contributed by atoms with Gasteiger partial charge in [-0.05, 0) is 109 Å². The number of amides is 1. The lowest BCUT2D eigenvalue weighted by Gasteiger charge is -2.62. The van der Waals surface area contributed by atoms with Crippen LogP contribution in [0.1, 0.15) is 35.2 Å². The maximum absolute atomic E-state index is 12.9. The van der Waals surface area contributed by atoms with Crippen LogP contribution in [0.3, 0.4) is 0 Å². The number of nitrogens with one attached hydrogen (secondary N) is 3. The zero-order valence-electron chi connectivity index (χ0n) is 20.8. The number of pyridine rings is 2. The lowest BCUT2D eigenvalue weighted by atomic mass is 9.42. The Balaban J connectivity index is 1.05. The van der Waals surface area contributed by atoms with E-state index in [2.05, 4.69) is 44.1 Å². The predicted octanol–water partition coefficient (Wildman–Crippen LogP) is 7.42. The fourth-order valence-electron chi connectivity index (χ4n) is 5.76. The summed E-state index contributed by atoms with van der Waals surface area (Å²) in [4.78, 5) is 21.5. The third-order valence-electron chi connectivity index (χ3n) is 7.91. The van der Waals surface area contributed by atoms with Crippen molar-refractivity contribution >= 4 is 45.2 Å². The maximum atomic E-state index is 12.9. The smallest absolute Gasteiger partial charge is 0.255 e. The minimum absolute atomic E-state index is 0.157. The Morgan fingerprint density at radius 3 is 2.26 bits per heavy atom. The highest BCUT2D eigenvalue weighted by Gasteiger charge is 2.57. The van der Waals surface area contributed by atoms with Crippen molar-refractivity contribution in [2.24, 2.45) is 5.92 Å². The van der Waals surface area contributed by atoms with Crippen LogP contribution in [0.4, 0.5) is 28.4 Å². The lowest BCUT2D eigenvalue weighted by Crippen LogP contribution is -2.55. The Bertz CT molecular complexity index is 1630. The maximum Gasteiger partial charge on any atom is 0.255 e. The van der Waals surface area contributed by atoms with Crippen LogP contribution in [-0.2, 0) is 5.41 Å². The monoisotopic (exact) mass is 497 g/mol. The Labute approximate surface area is 221 Å². The van der Waals surface area contributed by atoms with Crippen molar-refractivity contribution in [1.82, 2.24) is 9.97 Å². The van der Waals surface area contributed by atoms with Gasteiger partial charge in [0.1, 0.15) is 0 Å². The number of anilines is 5. The Morgan fingerprint density at radius 2 is 1.50 bits per heavy atom. The molecule has 0 radical (unpaired) electrons. The molecule has 3 N–H and O–H groups in total. The summed E-state index contributed by atoms with van der Waals surface area (Å²) in [6.07, 6.45) is 9.30. The van der Waals surface area contributed by atoms with Crippen LogP contribution in [0.2, 0.25) is 0 Å². The molecule has 0 saturated heterocycles. The third-order valence-corrected chi connectivity index (χ3v) is 7.91. The van der Waals surface area contributed by atoms with E-state index in [1.807, 2.05) is 72.9 Å². The second-order valence-electron chi connectivity index (χ2n) is 10.4. The second-order valence-corrected chi connectivity index (χ2v) is 10.4. The number of hydrogen-bond acceptors (Lipinski definition) is 5. The van der Waals surface area contributed by atoms with Crippen LogP contribution in [-0.4, -0.2) is 15.9 Å². The molecule has 2 heterocycles. The van der Waals surface area contributed by atoms with E-state index in [-0.39, 0.29) is 5.91 Å².